The second-order valence-corrected chi connectivity index (χ2v) is 6.34. The lowest BCUT2D eigenvalue weighted by Crippen LogP contribution is -2.47. The zero-order valence-electron chi connectivity index (χ0n) is 10.0. The molecule has 0 aromatic carbocycles. The largest absolute Gasteiger partial charge is 0.481 e. The van der Waals surface area contributed by atoms with Gasteiger partial charge in [0.1, 0.15) is 0 Å². The van der Waals surface area contributed by atoms with Gasteiger partial charge >= 0.3 is 5.97 Å². The predicted molar refractivity (Wildman–Crippen MR) is 61.9 cm³/mol. The number of nitriles is 1. The Morgan fingerprint density at radius 1 is 1.18 bits per heavy atom. The maximum absolute atomic E-state index is 10.9. The highest BCUT2D eigenvalue weighted by Gasteiger charge is 2.50. The van der Waals surface area contributed by atoms with Gasteiger partial charge in [0.15, 0.2) is 0 Å². The summed E-state index contributed by atoms with van der Waals surface area (Å²) in [7, 11) is 0. The molecule has 4 aliphatic rings. The average Bonchev–Trinajstić information content (AvgIpc) is 2.25. The van der Waals surface area contributed by atoms with Gasteiger partial charge in [-0.05, 0) is 61.7 Å². The fraction of sp³-hybridized carbons (Fsp3) is 0.857. The second kappa shape index (κ2) is 4.01. The van der Waals surface area contributed by atoms with Gasteiger partial charge in [0.25, 0.3) is 0 Å². The van der Waals surface area contributed by atoms with Crippen LogP contribution in [0.25, 0.3) is 0 Å². The van der Waals surface area contributed by atoms with Crippen LogP contribution in [-0.2, 0) is 4.79 Å². The quantitative estimate of drug-likeness (QED) is 0.815. The van der Waals surface area contributed by atoms with Crippen molar-refractivity contribution in [2.24, 2.45) is 35.5 Å². The van der Waals surface area contributed by atoms with Crippen molar-refractivity contribution in [3.63, 3.8) is 0 Å². The smallest absolute Gasteiger partial charge is 0.304 e. The van der Waals surface area contributed by atoms with Gasteiger partial charge in [0.05, 0.1) is 18.4 Å². The van der Waals surface area contributed by atoms with E-state index in [1.54, 1.807) is 0 Å². The molecule has 0 amide bonds. The molecule has 92 valence electrons. The summed E-state index contributed by atoms with van der Waals surface area (Å²) in [4.78, 5) is 10.9. The first-order valence-electron chi connectivity index (χ1n) is 6.78. The van der Waals surface area contributed by atoms with Crippen LogP contribution >= 0.6 is 0 Å². The van der Waals surface area contributed by atoms with Gasteiger partial charge in [0, 0.05) is 0 Å². The summed E-state index contributed by atoms with van der Waals surface area (Å²) in [5.41, 5.74) is 0. The minimum Gasteiger partial charge on any atom is -0.481 e. The van der Waals surface area contributed by atoms with Gasteiger partial charge in [-0.1, -0.05) is 0 Å². The average molecular weight is 233 g/mol. The maximum atomic E-state index is 10.9. The van der Waals surface area contributed by atoms with Crippen molar-refractivity contribution >= 4 is 5.97 Å². The second-order valence-electron chi connectivity index (χ2n) is 6.34. The van der Waals surface area contributed by atoms with Gasteiger partial charge < -0.3 is 5.11 Å². The Morgan fingerprint density at radius 2 is 1.71 bits per heavy atom. The van der Waals surface area contributed by atoms with E-state index in [-0.39, 0.29) is 12.3 Å². The molecule has 3 nitrogen and oxygen atoms in total. The zero-order valence-corrected chi connectivity index (χ0v) is 10.0. The molecule has 1 atom stereocenters. The van der Waals surface area contributed by atoms with Crippen LogP contribution in [0.5, 0.6) is 0 Å². The highest BCUT2D eigenvalue weighted by atomic mass is 16.4. The summed E-state index contributed by atoms with van der Waals surface area (Å²) in [6, 6.07) is 2.28. The van der Waals surface area contributed by atoms with E-state index in [1.165, 1.54) is 32.1 Å². The Balaban J connectivity index is 1.79. The molecular weight excluding hydrogens is 214 g/mol. The highest BCUT2D eigenvalue weighted by Crippen LogP contribution is 2.58. The van der Waals surface area contributed by atoms with Crippen LogP contribution in [-0.4, -0.2) is 11.1 Å². The third-order valence-corrected chi connectivity index (χ3v) is 5.32. The summed E-state index contributed by atoms with van der Waals surface area (Å²) in [6.45, 7) is 0. The Bertz CT molecular complexity index is 343. The number of hydrogen-bond donors (Lipinski definition) is 1. The molecule has 4 aliphatic carbocycles. The lowest BCUT2D eigenvalue weighted by atomic mass is 9.49. The van der Waals surface area contributed by atoms with E-state index in [4.69, 9.17) is 5.11 Å². The van der Waals surface area contributed by atoms with Crippen LogP contribution in [0.3, 0.4) is 0 Å². The van der Waals surface area contributed by atoms with Crippen LogP contribution in [0.15, 0.2) is 0 Å². The highest BCUT2D eigenvalue weighted by molar-refractivity contribution is 5.67. The lowest BCUT2D eigenvalue weighted by Gasteiger charge is -2.55. The van der Waals surface area contributed by atoms with E-state index in [0.717, 1.165) is 11.8 Å². The molecule has 17 heavy (non-hydrogen) atoms. The fourth-order valence-electron chi connectivity index (χ4n) is 5.08. The minimum atomic E-state index is -0.814. The van der Waals surface area contributed by atoms with E-state index in [0.29, 0.717) is 17.8 Å². The topological polar surface area (TPSA) is 61.1 Å². The van der Waals surface area contributed by atoms with Crippen LogP contribution in [0.2, 0.25) is 0 Å². The molecule has 0 spiro atoms. The fourth-order valence-corrected chi connectivity index (χ4v) is 5.08. The Labute approximate surface area is 102 Å². The van der Waals surface area contributed by atoms with E-state index in [9.17, 15) is 10.1 Å². The third-order valence-electron chi connectivity index (χ3n) is 5.32. The number of rotatable bonds is 3. The number of aliphatic carboxylic acids is 1. The first-order chi connectivity index (χ1) is 8.17. The normalized spacial score (nSPS) is 44.3. The molecule has 3 heteroatoms. The van der Waals surface area contributed by atoms with E-state index >= 15 is 0 Å². The molecule has 0 aromatic rings. The summed E-state index contributed by atoms with van der Waals surface area (Å²) in [6.07, 6.45) is 6.48. The number of carbonyl (C=O) groups is 1. The number of nitrogens with zero attached hydrogens (tertiary/aromatic N) is 1. The van der Waals surface area contributed by atoms with Crippen molar-refractivity contribution < 1.29 is 9.90 Å². The number of carboxylic acid groups (broad SMARTS) is 1. The Morgan fingerprint density at radius 3 is 2.12 bits per heavy atom. The lowest BCUT2D eigenvalue weighted by molar-refractivity contribution is -0.139. The Hall–Kier alpha value is -1.04. The van der Waals surface area contributed by atoms with Crippen molar-refractivity contribution in [1.82, 2.24) is 0 Å². The maximum Gasteiger partial charge on any atom is 0.304 e. The molecule has 0 radical (unpaired) electrons. The van der Waals surface area contributed by atoms with Crippen molar-refractivity contribution in [1.29, 1.82) is 5.26 Å². The first kappa shape index (κ1) is 11.1. The molecule has 0 heterocycles. The molecule has 1 N–H and O–H groups in total. The van der Waals surface area contributed by atoms with Gasteiger partial charge in [-0.15, -0.1) is 0 Å². The third kappa shape index (κ3) is 1.84. The van der Waals surface area contributed by atoms with E-state index in [2.05, 4.69) is 6.07 Å². The molecule has 0 aliphatic heterocycles. The van der Waals surface area contributed by atoms with Crippen molar-refractivity contribution in [3.8, 4) is 6.07 Å². The molecule has 0 saturated heterocycles. The van der Waals surface area contributed by atoms with E-state index < -0.39 is 5.97 Å². The zero-order chi connectivity index (χ0) is 12.0. The summed E-state index contributed by atoms with van der Waals surface area (Å²) in [5, 5.41) is 18.2. The molecule has 4 saturated carbocycles. The summed E-state index contributed by atoms with van der Waals surface area (Å²) in [5.74, 6) is 2.39. The summed E-state index contributed by atoms with van der Waals surface area (Å²) < 4.78 is 0. The SMILES string of the molecule is N#CC(CC(=O)O)C1C2CC3CC(C2)CC1C3. The van der Waals surface area contributed by atoms with Crippen LogP contribution in [0, 0.1) is 46.8 Å². The number of hydrogen-bond acceptors (Lipinski definition) is 2. The van der Waals surface area contributed by atoms with E-state index in [1.807, 2.05) is 0 Å². The molecule has 0 aromatic heterocycles. The molecular formula is C14H19NO2. The van der Waals surface area contributed by atoms with Gasteiger partial charge in [-0.3, -0.25) is 4.79 Å². The predicted octanol–water partition coefficient (Wildman–Crippen LogP) is 2.67. The molecule has 4 rings (SSSR count). The standard InChI is InChI=1S/C14H19NO2/c15-7-12(6-13(16)17)14-10-2-8-1-9(4-10)5-11(14)3-8/h8-12,14H,1-6H2,(H,16,17). The van der Waals surface area contributed by atoms with Crippen molar-refractivity contribution in [2.45, 2.75) is 38.5 Å². The van der Waals surface area contributed by atoms with Crippen molar-refractivity contribution in [2.75, 3.05) is 0 Å². The molecule has 4 fully saturated rings. The Kier molecular flexibility index (Phi) is 2.61. The van der Waals surface area contributed by atoms with Crippen LogP contribution in [0.4, 0.5) is 0 Å². The van der Waals surface area contributed by atoms with Gasteiger partial charge in [-0.2, -0.15) is 5.26 Å². The van der Waals surface area contributed by atoms with Crippen molar-refractivity contribution in [3.05, 3.63) is 0 Å². The number of carboxylic acids is 1. The van der Waals surface area contributed by atoms with Gasteiger partial charge in [0.2, 0.25) is 0 Å². The first-order valence-corrected chi connectivity index (χ1v) is 6.78. The van der Waals surface area contributed by atoms with Crippen LogP contribution < -0.4 is 0 Å². The molecule has 1 unspecified atom stereocenters. The van der Waals surface area contributed by atoms with Gasteiger partial charge in [-0.25, -0.2) is 0 Å². The summed E-state index contributed by atoms with van der Waals surface area (Å²) >= 11 is 0. The van der Waals surface area contributed by atoms with Crippen LogP contribution in [0.1, 0.15) is 38.5 Å². The monoisotopic (exact) mass is 233 g/mol. The minimum absolute atomic E-state index is 0.0451. The molecule has 4 bridgehead atoms.